The zero-order valence-electron chi connectivity index (χ0n) is 4.26. The van der Waals surface area contributed by atoms with Crippen LogP contribution in [0.4, 0.5) is 0 Å². The topological polar surface area (TPSA) is 12.0 Å². The van der Waals surface area contributed by atoms with E-state index < -0.39 is 0 Å². The van der Waals surface area contributed by atoms with Gasteiger partial charge in [-0.05, 0) is 29.5 Å². The van der Waals surface area contributed by atoms with Gasteiger partial charge in [0.05, 0.1) is 0 Å². The first-order chi connectivity index (χ1) is 3.18. The van der Waals surface area contributed by atoms with E-state index in [1.807, 2.05) is 6.92 Å². The van der Waals surface area contributed by atoms with Crippen molar-refractivity contribution in [3.8, 4) is 0 Å². The van der Waals surface area contributed by atoms with Crippen LogP contribution in [0, 0.1) is 0 Å². The SMILES string of the molecule is CN/C(Cl)=C(\C)I. The Morgan fingerprint density at radius 2 is 2.14 bits per heavy atom. The van der Waals surface area contributed by atoms with Gasteiger partial charge in [0.1, 0.15) is 5.16 Å². The van der Waals surface area contributed by atoms with Crippen molar-refractivity contribution in [2.75, 3.05) is 7.05 Å². The molecule has 1 nitrogen and oxygen atoms in total. The molecule has 0 unspecified atom stereocenters. The lowest BCUT2D eigenvalue weighted by molar-refractivity contribution is 1.07. The fraction of sp³-hybridized carbons (Fsp3) is 0.500. The van der Waals surface area contributed by atoms with Crippen molar-refractivity contribution in [1.82, 2.24) is 5.32 Å². The van der Waals surface area contributed by atoms with Gasteiger partial charge in [-0.25, -0.2) is 0 Å². The van der Waals surface area contributed by atoms with Crippen LogP contribution in [0.2, 0.25) is 0 Å². The molecule has 3 heteroatoms. The lowest BCUT2D eigenvalue weighted by atomic mass is 10.7. The van der Waals surface area contributed by atoms with E-state index >= 15 is 0 Å². The van der Waals surface area contributed by atoms with E-state index in [2.05, 4.69) is 27.9 Å². The first-order valence-corrected chi connectivity index (χ1v) is 3.33. The normalized spacial score (nSPS) is 13.1. The third-order valence-electron chi connectivity index (χ3n) is 0.522. The van der Waals surface area contributed by atoms with Crippen molar-refractivity contribution in [3.63, 3.8) is 0 Å². The second-order valence-electron chi connectivity index (χ2n) is 1.10. The predicted octanol–water partition coefficient (Wildman–Crippen LogP) is 2.07. The van der Waals surface area contributed by atoms with Crippen LogP contribution in [0.3, 0.4) is 0 Å². The Balaban J connectivity index is 3.72. The van der Waals surface area contributed by atoms with Crippen molar-refractivity contribution >= 4 is 34.2 Å². The molecule has 0 fully saturated rings. The minimum Gasteiger partial charge on any atom is -0.378 e. The highest BCUT2D eigenvalue weighted by Gasteiger charge is 1.86. The fourth-order valence-electron chi connectivity index (χ4n) is 0.172. The minimum atomic E-state index is 0.723. The number of rotatable bonds is 1. The van der Waals surface area contributed by atoms with E-state index in [9.17, 15) is 0 Å². The molecule has 0 spiro atoms. The van der Waals surface area contributed by atoms with Gasteiger partial charge in [-0.2, -0.15) is 0 Å². The van der Waals surface area contributed by atoms with Gasteiger partial charge in [0.2, 0.25) is 0 Å². The van der Waals surface area contributed by atoms with Gasteiger partial charge in [-0.15, -0.1) is 0 Å². The summed E-state index contributed by atoms with van der Waals surface area (Å²) in [6, 6.07) is 0. The lowest BCUT2D eigenvalue weighted by Gasteiger charge is -1.93. The zero-order chi connectivity index (χ0) is 5.86. The Morgan fingerprint density at radius 1 is 1.71 bits per heavy atom. The Labute approximate surface area is 62.3 Å². The molecule has 0 saturated carbocycles. The summed E-state index contributed by atoms with van der Waals surface area (Å²) in [6.07, 6.45) is 0. The first-order valence-electron chi connectivity index (χ1n) is 1.88. The maximum absolute atomic E-state index is 5.56. The smallest absolute Gasteiger partial charge is 0.111 e. The van der Waals surface area contributed by atoms with Crippen LogP contribution >= 0.6 is 34.2 Å². The maximum atomic E-state index is 5.56. The van der Waals surface area contributed by atoms with Gasteiger partial charge >= 0.3 is 0 Å². The largest absolute Gasteiger partial charge is 0.378 e. The Kier molecular flexibility index (Phi) is 3.83. The average Bonchev–Trinajstić information content (AvgIpc) is 1.65. The molecule has 0 heterocycles. The molecule has 0 atom stereocenters. The maximum Gasteiger partial charge on any atom is 0.111 e. The summed E-state index contributed by atoms with van der Waals surface area (Å²) in [6.45, 7) is 1.94. The Bertz CT molecular complexity index is 85.7. The number of allylic oxidation sites excluding steroid dienone is 1. The van der Waals surface area contributed by atoms with Crippen LogP contribution in [0.5, 0.6) is 0 Å². The molecule has 0 aromatic rings. The fourth-order valence-corrected chi connectivity index (χ4v) is 0.442. The highest BCUT2D eigenvalue weighted by molar-refractivity contribution is 14.1. The summed E-state index contributed by atoms with van der Waals surface area (Å²) in [5.41, 5.74) is 0. The number of hydrogen-bond acceptors (Lipinski definition) is 1. The molecule has 0 amide bonds. The molecule has 0 rings (SSSR count). The van der Waals surface area contributed by atoms with Crippen LogP contribution < -0.4 is 5.32 Å². The molecular weight excluding hydrogens is 224 g/mol. The van der Waals surface area contributed by atoms with E-state index in [1.54, 1.807) is 7.05 Å². The molecule has 0 aliphatic carbocycles. The predicted molar refractivity (Wildman–Crippen MR) is 41.6 cm³/mol. The summed E-state index contributed by atoms with van der Waals surface area (Å²) in [5, 5.41) is 3.52. The van der Waals surface area contributed by atoms with E-state index in [-0.39, 0.29) is 0 Å². The minimum absolute atomic E-state index is 0.723. The molecule has 42 valence electrons. The molecule has 0 aliphatic heterocycles. The quantitative estimate of drug-likeness (QED) is 0.538. The molecule has 0 aromatic carbocycles. The van der Waals surface area contributed by atoms with E-state index in [0.29, 0.717) is 0 Å². The highest BCUT2D eigenvalue weighted by Crippen LogP contribution is 2.10. The van der Waals surface area contributed by atoms with Crippen LogP contribution in [0.15, 0.2) is 8.74 Å². The summed E-state index contributed by atoms with van der Waals surface area (Å²) in [5.74, 6) is 0. The number of hydrogen-bond donors (Lipinski definition) is 1. The molecule has 0 aromatic heterocycles. The molecule has 0 bridgehead atoms. The van der Waals surface area contributed by atoms with E-state index in [0.717, 1.165) is 8.74 Å². The Hall–Kier alpha value is 0.560. The number of halogens is 2. The summed E-state index contributed by atoms with van der Waals surface area (Å²) < 4.78 is 1.08. The lowest BCUT2D eigenvalue weighted by Crippen LogP contribution is -1.99. The molecule has 7 heavy (non-hydrogen) atoms. The van der Waals surface area contributed by atoms with Crippen LogP contribution in [0.1, 0.15) is 6.92 Å². The molecular formula is C4H7ClIN. The van der Waals surface area contributed by atoms with Crippen LogP contribution in [0.25, 0.3) is 0 Å². The van der Waals surface area contributed by atoms with Crippen molar-refractivity contribution in [2.45, 2.75) is 6.92 Å². The third kappa shape index (κ3) is 3.17. The zero-order valence-corrected chi connectivity index (χ0v) is 7.17. The summed E-state index contributed by atoms with van der Waals surface area (Å²) in [4.78, 5) is 0. The second kappa shape index (κ2) is 3.55. The molecule has 0 radical (unpaired) electrons. The molecule has 0 aliphatic rings. The van der Waals surface area contributed by atoms with Crippen molar-refractivity contribution in [1.29, 1.82) is 0 Å². The van der Waals surface area contributed by atoms with Crippen molar-refractivity contribution in [3.05, 3.63) is 8.74 Å². The van der Waals surface area contributed by atoms with Gasteiger partial charge in [0.15, 0.2) is 0 Å². The van der Waals surface area contributed by atoms with E-state index in [4.69, 9.17) is 11.6 Å². The summed E-state index contributed by atoms with van der Waals surface area (Å²) in [7, 11) is 1.80. The van der Waals surface area contributed by atoms with E-state index in [1.165, 1.54) is 0 Å². The van der Waals surface area contributed by atoms with Crippen LogP contribution in [-0.4, -0.2) is 7.05 Å². The van der Waals surface area contributed by atoms with Crippen LogP contribution in [-0.2, 0) is 0 Å². The van der Waals surface area contributed by atoms with Gasteiger partial charge < -0.3 is 5.32 Å². The van der Waals surface area contributed by atoms with Gasteiger partial charge in [-0.3, -0.25) is 0 Å². The third-order valence-corrected chi connectivity index (χ3v) is 1.85. The monoisotopic (exact) mass is 231 g/mol. The number of nitrogens with one attached hydrogen (secondary N) is 1. The molecule has 1 N–H and O–H groups in total. The standard InChI is InChI=1S/C4H7ClIN/c1-3(6)4(5)7-2/h7H,1-2H3/b4-3+. The Morgan fingerprint density at radius 3 is 2.14 bits per heavy atom. The second-order valence-corrected chi connectivity index (χ2v) is 3.09. The van der Waals surface area contributed by atoms with Gasteiger partial charge in [0.25, 0.3) is 0 Å². The van der Waals surface area contributed by atoms with Crippen molar-refractivity contribution < 1.29 is 0 Å². The molecule has 0 saturated heterocycles. The van der Waals surface area contributed by atoms with Gasteiger partial charge in [0, 0.05) is 10.6 Å². The van der Waals surface area contributed by atoms with Crippen molar-refractivity contribution in [2.24, 2.45) is 0 Å². The highest BCUT2D eigenvalue weighted by atomic mass is 127. The van der Waals surface area contributed by atoms with Gasteiger partial charge in [-0.1, -0.05) is 11.6 Å². The summed E-state index contributed by atoms with van der Waals surface area (Å²) >= 11 is 7.71. The first kappa shape index (κ1) is 7.56. The average molecular weight is 231 g/mol.